The summed E-state index contributed by atoms with van der Waals surface area (Å²) in [5.41, 5.74) is 7.46. The number of carbonyl (C=O) groups excluding carboxylic acids is 2. The third kappa shape index (κ3) is 6.12. The van der Waals surface area contributed by atoms with E-state index in [0.29, 0.717) is 36.6 Å². The Labute approximate surface area is 152 Å². The number of hydrogen-bond donors (Lipinski definition) is 2. The van der Waals surface area contributed by atoms with Crippen molar-refractivity contribution in [3.63, 3.8) is 0 Å². The maximum Gasteiger partial charge on any atom is 0.248 e. The van der Waals surface area contributed by atoms with Crippen LogP contribution in [0.5, 0.6) is 5.75 Å². The molecule has 5 nitrogen and oxygen atoms in total. The van der Waals surface area contributed by atoms with Crippen LogP contribution < -0.4 is 15.8 Å². The van der Waals surface area contributed by atoms with Gasteiger partial charge in [0, 0.05) is 23.6 Å². The highest BCUT2D eigenvalue weighted by Crippen LogP contribution is 2.21. The zero-order chi connectivity index (χ0) is 18.2. The summed E-state index contributed by atoms with van der Waals surface area (Å²) in [6.07, 6.45) is 0.970. The molecule has 0 aromatic heterocycles. The van der Waals surface area contributed by atoms with E-state index in [4.69, 9.17) is 22.1 Å². The number of aryl methyl sites for hydroxylation is 1. The van der Waals surface area contributed by atoms with Crippen molar-refractivity contribution < 1.29 is 14.3 Å². The summed E-state index contributed by atoms with van der Waals surface area (Å²) in [7, 11) is 0. The Kier molecular flexibility index (Phi) is 6.83. The zero-order valence-electron chi connectivity index (χ0n) is 14.0. The molecule has 0 fully saturated rings. The highest BCUT2D eigenvalue weighted by Gasteiger charge is 2.05. The highest BCUT2D eigenvalue weighted by atomic mass is 35.5. The number of halogens is 1. The Hall–Kier alpha value is -2.53. The van der Waals surface area contributed by atoms with Gasteiger partial charge in [0.05, 0.1) is 6.61 Å². The van der Waals surface area contributed by atoms with Crippen LogP contribution in [0.2, 0.25) is 5.02 Å². The van der Waals surface area contributed by atoms with E-state index in [1.54, 1.807) is 24.3 Å². The second kappa shape index (κ2) is 9.08. The van der Waals surface area contributed by atoms with Crippen LogP contribution in [0, 0.1) is 6.92 Å². The number of ether oxygens (including phenoxy) is 1. The molecule has 2 amide bonds. The quantitative estimate of drug-likeness (QED) is 0.709. The molecule has 0 aliphatic rings. The van der Waals surface area contributed by atoms with Crippen molar-refractivity contribution in [1.82, 2.24) is 5.32 Å². The lowest BCUT2D eigenvalue weighted by molar-refractivity contribution is -0.121. The largest absolute Gasteiger partial charge is 0.493 e. The second-order valence-corrected chi connectivity index (χ2v) is 6.14. The van der Waals surface area contributed by atoms with Crippen molar-refractivity contribution >= 4 is 23.4 Å². The van der Waals surface area contributed by atoms with E-state index in [0.717, 1.165) is 16.9 Å². The van der Waals surface area contributed by atoms with Gasteiger partial charge in [0.15, 0.2) is 0 Å². The Balaban J connectivity index is 1.70. The summed E-state index contributed by atoms with van der Waals surface area (Å²) in [6.45, 7) is 2.73. The third-order valence-electron chi connectivity index (χ3n) is 3.64. The van der Waals surface area contributed by atoms with E-state index in [-0.39, 0.29) is 5.91 Å². The van der Waals surface area contributed by atoms with Crippen LogP contribution in [0.15, 0.2) is 42.5 Å². The third-order valence-corrected chi connectivity index (χ3v) is 3.88. The molecule has 6 heteroatoms. The molecule has 0 saturated heterocycles. The molecule has 0 unspecified atom stereocenters. The highest BCUT2D eigenvalue weighted by molar-refractivity contribution is 6.30. The predicted molar refractivity (Wildman–Crippen MR) is 97.7 cm³/mol. The molecule has 0 bridgehead atoms. The lowest BCUT2D eigenvalue weighted by atomic mass is 10.1. The van der Waals surface area contributed by atoms with E-state index in [2.05, 4.69) is 5.32 Å². The summed E-state index contributed by atoms with van der Waals surface area (Å²) < 4.78 is 5.66. The van der Waals surface area contributed by atoms with E-state index < -0.39 is 5.91 Å². The summed E-state index contributed by atoms with van der Waals surface area (Å²) in [5.74, 6) is 0.219. The molecule has 0 saturated carbocycles. The lowest BCUT2D eigenvalue weighted by Crippen LogP contribution is -2.23. The lowest BCUT2D eigenvalue weighted by Gasteiger charge is -2.10. The van der Waals surface area contributed by atoms with E-state index in [1.165, 1.54) is 0 Å². The Morgan fingerprint density at radius 1 is 1.20 bits per heavy atom. The summed E-state index contributed by atoms with van der Waals surface area (Å²) in [5, 5.41) is 3.49. The summed E-state index contributed by atoms with van der Waals surface area (Å²) in [6, 6.07) is 12.3. The van der Waals surface area contributed by atoms with Crippen LogP contribution in [-0.2, 0) is 11.3 Å². The van der Waals surface area contributed by atoms with Gasteiger partial charge in [-0.25, -0.2) is 0 Å². The zero-order valence-corrected chi connectivity index (χ0v) is 14.8. The number of hydrogen-bond acceptors (Lipinski definition) is 3. The monoisotopic (exact) mass is 360 g/mol. The Bertz CT molecular complexity index is 762. The molecule has 2 rings (SSSR count). The topological polar surface area (TPSA) is 81.4 Å². The Morgan fingerprint density at radius 3 is 2.72 bits per heavy atom. The molecule has 0 spiro atoms. The average molecular weight is 361 g/mol. The van der Waals surface area contributed by atoms with Crippen molar-refractivity contribution in [2.24, 2.45) is 5.73 Å². The smallest absolute Gasteiger partial charge is 0.248 e. The molecule has 2 aromatic rings. The molecular weight excluding hydrogens is 340 g/mol. The van der Waals surface area contributed by atoms with Crippen LogP contribution in [0.3, 0.4) is 0 Å². The first-order valence-corrected chi connectivity index (χ1v) is 8.38. The first-order chi connectivity index (χ1) is 12.0. The van der Waals surface area contributed by atoms with E-state index >= 15 is 0 Å². The minimum Gasteiger partial charge on any atom is -0.493 e. The molecule has 0 radical (unpaired) electrons. The number of primary amides is 1. The number of carbonyl (C=O) groups is 2. The van der Waals surface area contributed by atoms with Crippen LogP contribution >= 0.6 is 11.6 Å². The molecule has 0 heterocycles. The van der Waals surface area contributed by atoms with E-state index in [9.17, 15) is 9.59 Å². The van der Waals surface area contributed by atoms with Crippen molar-refractivity contribution in [2.75, 3.05) is 6.61 Å². The number of amides is 2. The number of nitrogens with two attached hydrogens (primary N) is 1. The van der Waals surface area contributed by atoms with Gasteiger partial charge >= 0.3 is 0 Å². The molecule has 132 valence electrons. The summed E-state index contributed by atoms with van der Waals surface area (Å²) in [4.78, 5) is 23.0. The van der Waals surface area contributed by atoms with Crippen LogP contribution in [-0.4, -0.2) is 18.4 Å². The molecule has 0 aliphatic carbocycles. The van der Waals surface area contributed by atoms with Crippen molar-refractivity contribution in [3.8, 4) is 5.75 Å². The minimum absolute atomic E-state index is 0.0686. The van der Waals surface area contributed by atoms with Crippen molar-refractivity contribution in [2.45, 2.75) is 26.3 Å². The minimum atomic E-state index is -0.484. The van der Waals surface area contributed by atoms with Gasteiger partial charge < -0.3 is 15.8 Å². The van der Waals surface area contributed by atoms with Gasteiger partial charge in [-0.15, -0.1) is 0 Å². The maximum atomic E-state index is 11.9. The number of rotatable bonds is 8. The fourth-order valence-corrected chi connectivity index (χ4v) is 2.54. The molecule has 2 aromatic carbocycles. The van der Waals surface area contributed by atoms with Crippen LogP contribution in [0.4, 0.5) is 0 Å². The Morgan fingerprint density at radius 2 is 2.00 bits per heavy atom. The van der Waals surface area contributed by atoms with Gasteiger partial charge in [-0.1, -0.05) is 23.7 Å². The van der Waals surface area contributed by atoms with Gasteiger partial charge in [0.2, 0.25) is 11.8 Å². The fraction of sp³-hybridized carbons (Fsp3) is 0.263. The molecule has 0 aliphatic heterocycles. The number of nitrogens with one attached hydrogen (secondary N) is 1. The maximum absolute atomic E-state index is 11.9. The first kappa shape index (κ1) is 18.8. The van der Waals surface area contributed by atoms with E-state index in [1.807, 2.05) is 25.1 Å². The van der Waals surface area contributed by atoms with Gasteiger partial charge in [0.1, 0.15) is 5.75 Å². The first-order valence-electron chi connectivity index (χ1n) is 8.00. The van der Waals surface area contributed by atoms with Gasteiger partial charge in [-0.2, -0.15) is 0 Å². The van der Waals surface area contributed by atoms with Gasteiger partial charge in [-0.05, 0) is 54.8 Å². The van der Waals surface area contributed by atoms with Gasteiger partial charge in [-0.3, -0.25) is 9.59 Å². The number of benzene rings is 2. The predicted octanol–water partition coefficient (Wildman–Crippen LogP) is 3.22. The molecule has 3 N–H and O–H groups in total. The summed E-state index contributed by atoms with van der Waals surface area (Å²) >= 11 is 5.90. The second-order valence-electron chi connectivity index (χ2n) is 5.70. The van der Waals surface area contributed by atoms with Crippen molar-refractivity contribution in [1.29, 1.82) is 0 Å². The van der Waals surface area contributed by atoms with Crippen LogP contribution in [0.1, 0.15) is 34.3 Å². The van der Waals surface area contributed by atoms with Gasteiger partial charge in [0.25, 0.3) is 0 Å². The molecular formula is C19H21ClN2O3. The van der Waals surface area contributed by atoms with Crippen LogP contribution in [0.25, 0.3) is 0 Å². The fourth-order valence-electron chi connectivity index (χ4n) is 2.31. The molecule has 25 heavy (non-hydrogen) atoms. The normalized spacial score (nSPS) is 10.3. The average Bonchev–Trinajstić information content (AvgIpc) is 2.58. The van der Waals surface area contributed by atoms with Crippen molar-refractivity contribution in [3.05, 3.63) is 64.2 Å². The molecule has 0 atom stereocenters. The standard InChI is InChI=1S/C19H21ClN2O3/c1-13-10-16(20)7-8-17(13)25-9-3-6-18(23)22-12-14-4-2-5-15(11-14)19(21)24/h2,4-5,7-8,10-11H,3,6,9,12H2,1H3,(H2,21,24)(H,22,23). The SMILES string of the molecule is Cc1cc(Cl)ccc1OCCCC(=O)NCc1cccc(C(N)=O)c1.